The fraction of sp³-hybridized carbons (Fsp3) is 0.875. The number of carbonyl (C=O) groups is 1. The van der Waals surface area contributed by atoms with Gasteiger partial charge in [-0.05, 0) is 13.2 Å². The van der Waals surface area contributed by atoms with Crippen LogP contribution in [-0.4, -0.2) is 37.7 Å². The zero-order chi connectivity index (χ0) is 9.40. The van der Waals surface area contributed by atoms with Crippen LogP contribution in [0.5, 0.6) is 0 Å². The fourth-order valence-corrected chi connectivity index (χ4v) is 1.45. The van der Waals surface area contributed by atoms with Crippen molar-refractivity contribution in [3.63, 3.8) is 0 Å². The third kappa shape index (κ3) is 6.49. The minimum Gasteiger partial charge on any atom is -0.469 e. The van der Waals surface area contributed by atoms with Gasteiger partial charge in [0.25, 0.3) is 0 Å². The summed E-state index contributed by atoms with van der Waals surface area (Å²) in [5.74, 6) is 0.917. The second-order valence-electron chi connectivity index (χ2n) is 2.64. The Kier molecular flexibility index (Phi) is 7.29. The van der Waals surface area contributed by atoms with Crippen molar-refractivity contribution >= 4 is 17.7 Å². The molecule has 1 atom stereocenters. The Balaban J connectivity index is 3.24. The molecule has 1 unspecified atom stereocenters. The van der Waals surface area contributed by atoms with Crippen molar-refractivity contribution in [1.82, 2.24) is 5.32 Å². The topological polar surface area (TPSA) is 38.3 Å². The molecule has 0 heterocycles. The first kappa shape index (κ1) is 11.8. The van der Waals surface area contributed by atoms with Crippen LogP contribution in [0.1, 0.15) is 13.3 Å². The van der Waals surface area contributed by atoms with Crippen LogP contribution in [0.25, 0.3) is 0 Å². The summed E-state index contributed by atoms with van der Waals surface area (Å²) in [6.45, 7) is 2.81. The van der Waals surface area contributed by atoms with Crippen LogP contribution in [0.4, 0.5) is 0 Å². The fourth-order valence-electron chi connectivity index (χ4n) is 0.832. The van der Waals surface area contributed by atoms with Gasteiger partial charge in [-0.3, -0.25) is 4.79 Å². The van der Waals surface area contributed by atoms with Gasteiger partial charge in [0.15, 0.2) is 0 Å². The molecule has 0 radical (unpaired) electrons. The van der Waals surface area contributed by atoms with Gasteiger partial charge in [0.05, 0.1) is 13.5 Å². The molecule has 0 bridgehead atoms. The molecule has 0 aromatic carbocycles. The maximum atomic E-state index is 10.7. The summed E-state index contributed by atoms with van der Waals surface area (Å²) in [6.07, 6.45) is 2.52. The highest BCUT2D eigenvalue weighted by atomic mass is 32.2. The van der Waals surface area contributed by atoms with E-state index in [9.17, 15) is 4.79 Å². The number of esters is 1. The summed E-state index contributed by atoms with van der Waals surface area (Å²) in [5, 5.41) is 3.23. The number of rotatable bonds is 6. The van der Waals surface area contributed by atoms with E-state index in [-0.39, 0.29) is 5.97 Å². The Morgan fingerprint density at radius 2 is 2.33 bits per heavy atom. The van der Waals surface area contributed by atoms with Crippen LogP contribution >= 0.6 is 11.8 Å². The molecule has 0 saturated carbocycles. The molecule has 0 aromatic heterocycles. The predicted molar refractivity (Wildman–Crippen MR) is 52.5 cm³/mol. The van der Waals surface area contributed by atoms with Gasteiger partial charge in [-0.2, -0.15) is 11.8 Å². The lowest BCUT2D eigenvalue weighted by Crippen LogP contribution is -2.30. The summed E-state index contributed by atoms with van der Waals surface area (Å²) >= 11 is 1.80. The Morgan fingerprint density at radius 1 is 1.67 bits per heavy atom. The maximum Gasteiger partial charge on any atom is 0.306 e. The average molecular weight is 191 g/mol. The minimum absolute atomic E-state index is 0.154. The van der Waals surface area contributed by atoms with E-state index in [1.807, 2.05) is 0 Å². The van der Waals surface area contributed by atoms with Crippen molar-refractivity contribution < 1.29 is 9.53 Å². The van der Waals surface area contributed by atoms with Gasteiger partial charge in [-0.25, -0.2) is 0 Å². The molecule has 0 aromatic rings. The van der Waals surface area contributed by atoms with Crippen molar-refractivity contribution in [1.29, 1.82) is 0 Å². The largest absolute Gasteiger partial charge is 0.469 e. The van der Waals surface area contributed by atoms with Gasteiger partial charge >= 0.3 is 5.97 Å². The van der Waals surface area contributed by atoms with E-state index in [2.05, 4.69) is 23.2 Å². The Labute approximate surface area is 78.2 Å². The molecule has 0 saturated heterocycles. The van der Waals surface area contributed by atoms with Gasteiger partial charge in [-0.1, -0.05) is 0 Å². The molecule has 0 rings (SSSR count). The van der Waals surface area contributed by atoms with E-state index in [4.69, 9.17) is 0 Å². The molecule has 4 heteroatoms. The number of methoxy groups -OCH3 is 1. The summed E-state index contributed by atoms with van der Waals surface area (Å²) in [4.78, 5) is 10.7. The zero-order valence-corrected chi connectivity index (χ0v) is 8.74. The van der Waals surface area contributed by atoms with Gasteiger partial charge in [-0.15, -0.1) is 0 Å². The summed E-state index contributed by atoms with van der Waals surface area (Å²) in [6, 6.07) is 0.463. The molecule has 72 valence electrons. The van der Waals surface area contributed by atoms with Gasteiger partial charge < -0.3 is 10.1 Å². The first-order valence-electron chi connectivity index (χ1n) is 3.99. The van der Waals surface area contributed by atoms with Crippen LogP contribution in [0.3, 0.4) is 0 Å². The molecule has 3 nitrogen and oxygen atoms in total. The highest BCUT2D eigenvalue weighted by Crippen LogP contribution is 1.95. The van der Waals surface area contributed by atoms with Crippen LogP contribution in [0, 0.1) is 0 Å². The van der Waals surface area contributed by atoms with Crippen molar-refractivity contribution in [2.24, 2.45) is 0 Å². The van der Waals surface area contributed by atoms with Crippen molar-refractivity contribution in [3.8, 4) is 0 Å². The highest BCUT2D eigenvalue weighted by Gasteiger charge is 2.02. The Hall–Kier alpha value is -0.220. The van der Waals surface area contributed by atoms with E-state index < -0.39 is 0 Å². The lowest BCUT2D eigenvalue weighted by atomic mass is 10.3. The lowest BCUT2D eigenvalue weighted by molar-refractivity contribution is -0.140. The third-order valence-electron chi connectivity index (χ3n) is 1.47. The van der Waals surface area contributed by atoms with Crippen LogP contribution in [0.2, 0.25) is 0 Å². The molecular formula is C8H17NO2S. The van der Waals surface area contributed by atoms with Gasteiger partial charge in [0, 0.05) is 18.3 Å². The Bertz CT molecular complexity index is 130. The quantitative estimate of drug-likeness (QED) is 0.633. The number of carbonyl (C=O) groups excluding carboxylic acids is 1. The molecular weight excluding hydrogens is 174 g/mol. The summed E-state index contributed by atoms with van der Waals surface area (Å²) in [7, 11) is 1.41. The smallest absolute Gasteiger partial charge is 0.306 e. The molecule has 0 aliphatic rings. The van der Waals surface area contributed by atoms with E-state index >= 15 is 0 Å². The average Bonchev–Trinajstić information content (AvgIpc) is 2.04. The molecule has 12 heavy (non-hydrogen) atoms. The SMILES string of the molecule is COC(=O)CCNC(C)CSC. The van der Waals surface area contributed by atoms with E-state index in [0.29, 0.717) is 19.0 Å². The Morgan fingerprint density at radius 3 is 2.83 bits per heavy atom. The zero-order valence-electron chi connectivity index (χ0n) is 7.92. The monoisotopic (exact) mass is 191 g/mol. The number of thioether (sulfide) groups is 1. The molecule has 1 N–H and O–H groups in total. The molecule has 0 spiro atoms. The standard InChI is InChI=1S/C8H17NO2S/c1-7(6-12-3)9-5-4-8(10)11-2/h7,9H,4-6H2,1-3H3. The minimum atomic E-state index is -0.154. The van der Waals surface area contributed by atoms with E-state index in [1.54, 1.807) is 11.8 Å². The summed E-state index contributed by atoms with van der Waals surface area (Å²) < 4.78 is 4.51. The van der Waals surface area contributed by atoms with Crippen molar-refractivity contribution in [2.75, 3.05) is 25.7 Å². The molecule has 0 aliphatic heterocycles. The van der Waals surface area contributed by atoms with Gasteiger partial charge in [0.1, 0.15) is 0 Å². The van der Waals surface area contributed by atoms with Crippen LogP contribution in [-0.2, 0) is 9.53 Å². The number of hydrogen-bond acceptors (Lipinski definition) is 4. The third-order valence-corrected chi connectivity index (χ3v) is 2.30. The second-order valence-corrected chi connectivity index (χ2v) is 3.55. The highest BCUT2D eigenvalue weighted by molar-refractivity contribution is 7.98. The second kappa shape index (κ2) is 7.43. The van der Waals surface area contributed by atoms with Crippen molar-refractivity contribution in [3.05, 3.63) is 0 Å². The first-order valence-corrected chi connectivity index (χ1v) is 5.39. The van der Waals surface area contributed by atoms with Crippen LogP contribution < -0.4 is 5.32 Å². The molecule has 0 fully saturated rings. The maximum absolute atomic E-state index is 10.7. The van der Waals surface area contributed by atoms with Crippen molar-refractivity contribution in [2.45, 2.75) is 19.4 Å². The normalized spacial score (nSPS) is 12.6. The molecule has 0 aliphatic carbocycles. The molecule has 0 amide bonds. The van der Waals surface area contributed by atoms with E-state index in [0.717, 1.165) is 5.75 Å². The summed E-state index contributed by atoms with van der Waals surface area (Å²) in [5.41, 5.74) is 0. The number of ether oxygens (including phenoxy) is 1. The number of nitrogens with one attached hydrogen (secondary N) is 1. The first-order chi connectivity index (χ1) is 5.70. The van der Waals surface area contributed by atoms with Gasteiger partial charge in [0.2, 0.25) is 0 Å². The predicted octanol–water partition coefficient (Wildman–Crippen LogP) is 0.891. The van der Waals surface area contributed by atoms with E-state index in [1.165, 1.54) is 7.11 Å². The van der Waals surface area contributed by atoms with Crippen LogP contribution in [0.15, 0.2) is 0 Å². The number of hydrogen-bond donors (Lipinski definition) is 1. The lowest BCUT2D eigenvalue weighted by Gasteiger charge is -2.10.